The van der Waals surface area contributed by atoms with Gasteiger partial charge in [-0.15, -0.1) is 0 Å². The van der Waals surface area contributed by atoms with Gasteiger partial charge in [-0.1, -0.05) is 13.0 Å². The van der Waals surface area contributed by atoms with Crippen molar-refractivity contribution in [3.63, 3.8) is 0 Å². The molecule has 1 aliphatic heterocycles. The number of amides is 2. The van der Waals surface area contributed by atoms with Crippen LogP contribution in [0.4, 0.5) is 20.6 Å². The molecule has 2 amide bonds. The number of carbonyl (C=O) groups excluding carboxylic acids is 1. The maximum atomic E-state index is 13.5. The molecule has 0 aromatic heterocycles. The van der Waals surface area contributed by atoms with Crippen LogP contribution in [0, 0.1) is 5.82 Å². The van der Waals surface area contributed by atoms with Crippen LogP contribution in [-0.2, 0) is 19.9 Å². The second-order valence-corrected chi connectivity index (χ2v) is 12.6. The number of nitrogens with one attached hydrogen (secondary N) is 2. The van der Waals surface area contributed by atoms with Crippen LogP contribution in [0.25, 0.3) is 0 Å². The number of ether oxygens (including phenoxy) is 1. The summed E-state index contributed by atoms with van der Waals surface area (Å²) in [6.07, 6.45) is -2.23. The van der Waals surface area contributed by atoms with E-state index < -0.39 is 43.8 Å². The summed E-state index contributed by atoms with van der Waals surface area (Å²) in [5.74, 6) is -1.24. The highest BCUT2D eigenvalue weighted by atomic mass is 32.2. The minimum absolute atomic E-state index is 0.00262. The quantitative estimate of drug-likeness (QED) is 0.368. The third kappa shape index (κ3) is 6.12. The number of sulfone groups is 1. The van der Waals surface area contributed by atoms with Gasteiger partial charge in [0.1, 0.15) is 17.7 Å². The van der Waals surface area contributed by atoms with Crippen molar-refractivity contribution in [2.75, 3.05) is 28.5 Å². The molecule has 3 aromatic carbocycles. The first-order valence-electron chi connectivity index (χ1n) is 11.6. The summed E-state index contributed by atoms with van der Waals surface area (Å²) < 4.78 is 71.8. The number of hydrogen-bond acceptors (Lipinski definition) is 7. The predicted octanol–water partition coefficient (Wildman–Crippen LogP) is 3.10. The van der Waals surface area contributed by atoms with E-state index in [1.54, 1.807) is 0 Å². The van der Waals surface area contributed by atoms with Gasteiger partial charge in [0.15, 0.2) is 9.84 Å². The van der Waals surface area contributed by atoms with Gasteiger partial charge >= 0.3 is 6.09 Å². The molecule has 0 saturated heterocycles. The highest BCUT2D eigenvalue weighted by Crippen LogP contribution is 2.39. The van der Waals surface area contributed by atoms with Gasteiger partial charge in [-0.3, -0.25) is 14.4 Å². The summed E-state index contributed by atoms with van der Waals surface area (Å²) in [5.41, 5.74) is 0.240. The maximum absolute atomic E-state index is 13.5. The fourth-order valence-corrected chi connectivity index (χ4v) is 6.31. The van der Waals surface area contributed by atoms with E-state index in [-0.39, 0.29) is 51.3 Å². The van der Waals surface area contributed by atoms with Gasteiger partial charge in [0.25, 0.3) is 15.9 Å². The van der Waals surface area contributed by atoms with Gasteiger partial charge in [-0.25, -0.2) is 26.0 Å². The van der Waals surface area contributed by atoms with Crippen LogP contribution in [-0.4, -0.2) is 58.9 Å². The number of nitrogens with zero attached hydrogens (tertiary/aromatic N) is 1. The van der Waals surface area contributed by atoms with Crippen LogP contribution in [0.5, 0.6) is 5.75 Å². The zero-order valence-electron chi connectivity index (χ0n) is 20.5. The van der Waals surface area contributed by atoms with Crippen LogP contribution < -0.4 is 19.7 Å². The van der Waals surface area contributed by atoms with Crippen LogP contribution in [0.15, 0.2) is 76.5 Å². The smallest absolute Gasteiger partial charge is 0.409 e. The van der Waals surface area contributed by atoms with Crippen LogP contribution in [0.1, 0.15) is 17.3 Å². The number of carboxylic acid groups (broad SMARTS) is 1. The van der Waals surface area contributed by atoms with E-state index >= 15 is 0 Å². The Bertz CT molecular complexity index is 1630. The van der Waals surface area contributed by atoms with E-state index in [1.807, 2.05) is 0 Å². The van der Waals surface area contributed by atoms with Crippen LogP contribution in [0.3, 0.4) is 0 Å². The van der Waals surface area contributed by atoms with E-state index in [0.717, 1.165) is 28.6 Å². The molecule has 0 saturated carbocycles. The Balaban J connectivity index is 1.61. The number of halogens is 1. The maximum Gasteiger partial charge on any atom is 0.409 e. The summed E-state index contributed by atoms with van der Waals surface area (Å²) in [5, 5.41) is 13.8. The van der Waals surface area contributed by atoms with Gasteiger partial charge in [0.2, 0.25) is 0 Å². The fraction of sp³-hybridized carbons (Fsp3) is 0.200. The molecule has 206 valence electrons. The first kappa shape index (κ1) is 27.9. The average Bonchev–Trinajstić information content (AvgIpc) is 2.91. The molecule has 1 atom stereocenters. The van der Waals surface area contributed by atoms with E-state index in [1.165, 1.54) is 49.4 Å². The van der Waals surface area contributed by atoms with Gasteiger partial charge < -0.3 is 15.2 Å². The molecule has 11 nitrogen and oxygen atoms in total. The summed E-state index contributed by atoms with van der Waals surface area (Å²) >= 11 is 0. The molecule has 0 radical (unpaired) electrons. The lowest BCUT2D eigenvalue weighted by molar-refractivity contribution is 0.0927. The Kier molecular flexibility index (Phi) is 7.79. The van der Waals surface area contributed by atoms with Gasteiger partial charge in [0, 0.05) is 11.3 Å². The summed E-state index contributed by atoms with van der Waals surface area (Å²) in [6.45, 7) is 1.08. The van der Waals surface area contributed by atoms with Crippen molar-refractivity contribution in [3.05, 3.63) is 78.1 Å². The predicted molar refractivity (Wildman–Crippen MR) is 140 cm³/mol. The first-order chi connectivity index (χ1) is 18.4. The number of benzene rings is 3. The number of carbonyl (C=O) groups is 2. The topological polar surface area (TPSA) is 159 Å². The third-order valence-electron chi connectivity index (χ3n) is 5.87. The highest BCUT2D eigenvalue weighted by molar-refractivity contribution is 7.93. The Labute approximate surface area is 224 Å². The molecule has 0 aliphatic carbocycles. The summed E-state index contributed by atoms with van der Waals surface area (Å²) in [4.78, 5) is 23.7. The second-order valence-electron chi connectivity index (χ2n) is 8.48. The molecule has 0 spiro atoms. The highest BCUT2D eigenvalue weighted by Gasteiger charge is 2.35. The first-order valence-corrected chi connectivity index (χ1v) is 14.7. The monoisotopic (exact) mass is 577 g/mol. The second kappa shape index (κ2) is 10.9. The Morgan fingerprint density at radius 1 is 1.03 bits per heavy atom. The summed E-state index contributed by atoms with van der Waals surface area (Å²) in [6, 6.07) is 13.8. The van der Waals surface area contributed by atoms with E-state index in [4.69, 9.17) is 9.84 Å². The normalized spacial score (nSPS) is 15.1. The fourth-order valence-electron chi connectivity index (χ4n) is 3.89. The van der Waals surface area contributed by atoms with Crippen molar-refractivity contribution in [2.45, 2.75) is 22.8 Å². The molecule has 1 unspecified atom stereocenters. The molecule has 14 heteroatoms. The molecule has 0 fully saturated rings. The molecular formula is C25H24FN3O8S2. The lowest BCUT2D eigenvalue weighted by atomic mass is 10.2. The van der Waals surface area contributed by atoms with E-state index in [9.17, 15) is 30.8 Å². The van der Waals surface area contributed by atoms with Gasteiger partial charge in [-0.2, -0.15) is 0 Å². The number of sulfonamides is 1. The molecule has 3 N–H and O–H groups in total. The minimum atomic E-state index is -4.25. The lowest BCUT2D eigenvalue weighted by Crippen LogP contribution is -2.48. The average molecular weight is 578 g/mol. The number of rotatable bonds is 8. The molecule has 3 aromatic rings. The Morgan fingerprint density at radius 2 is 1.74 bits per heavy atom. The molecule has 4 rings (SSSR count). The zero-order chi connectivity index (χ0) is 28.4. The third-order valence-corrected chi connectivity index (χ3v) is 9.40. The number of hydrogen-bond donors (Lipinski definition) is 3. The van der Waals surface area contributed by atoms with Crippen molar-refractivity contribution in [1.29, 1.82) is 0 Å². The molecule has 39 heavy (non-hydrogen) atoms. The van der Waals surface area contributed by atoms with Gasteiger partial charge in [-0.05, 0) is 60.7 Å². The number of fused-ring (bicyclic) bond motifs is 1. The van der Waals surface area contributed by atoms with Crippen molar-refractivity contribution >= 4 is 43.2 Å². The molecular weight excluding hydrogens is 553 g/mol. The number of anilines is 2. The SMILES string of the molecule is CCS(=O)(=O)c1cccc(C(=O)NCC2CN(S(=O)(=O)c3ccc(F)cc3)c3cc(NC(=O)O)ccc3O2)c1. The Hall–Kier alpha value is -4.17. The van der Waals surface area contributed by atoms with E-state index in [0.29, 0.717) is 0 Å². The van der Waals surface area contributed by atoms with Crippen LogP contribution >= 0.6 is 0 Å². The van der Waals surface area contributed by atoms with Gasteiger partial charge in [0.05, 0.1) is 34.3 Å². The van der Waals surface area contributed by atoms with Crippen molar-refractivity contribution in [1.82, 2.24) is 5.32 Å². The minimum Gasteiger partial charge on any atom is -0.484 e. The van der Waals surface area contributed by atoms with Crippen LogP contribution in [0.2, 0.25) is 0 Å². The largest absolute Gasteiger partial charge is 0.484 e. The van der Waals surface area contributed by atoms with E-state index in [2.05, 4.69) is 10.6 Å². The Morgan fingerprint density at radius 3 is 2.41 bits per heavy atom. The molecule has 1 heterocycles. The van der Waals surface area contributed by atoms with Crippen molar-refractivity contribution < 1.29 is 40.7 Å². The van der Waals surface area contributed by atoms with Crippen molar-refractivity contribution in [2.24, 2.45) is 0 Å². The van der Waals surface area contributed by atoms with Crippen molar-refractivity contribution in [3.8, 4) is 5.75 Å². The zero-order valence-corrected chi connectivity index (χ0v) is 22.1. The summed E-state index contributed by atoms with van der Waals surface area (Å²) in [7, 11) is -7.78. The molecule has 0 bridgehead atoms. The molecule has 1 aliphatic rings. The standard InChI is InChI=1S/C25H24FN3O8S2/c1-2-38(33,34)21-5-3-4-16(12-21)24(30)27-14-19-15-29(39(35,36)20-9-6-17(26)7-10-20)22-13-18(28-25(31)32)8-11-23(22)37-19/h3-13,19,28H,2,14-15H2,1H3,(H,27,30)(H,31,32). The lowest BCUT2D eigenvalue weighted by Gasteiger charge is -2.35.